The van der Waals surface area contributed by atoms with Crippen molar-refractivity contribution in [1.29, 1.82) is 0 Å². The third-order valence-corrected chi connectivity index (χ3v) is 1.82. The van der Waals surface area contributed by atoms with Crippen molar-refractivity contribution in [3.63, 3.8) is 0 Å². The Hall–Kier alpha value is -1.02. The van der Waals surface area contributed by atoms with Gasteiger partial charge in [0.2, 0.25) is 0 Å². The van der Waals surface area contributed by atoms with E-state index in [0.29, 0.717) is 6.61 Å². The molecule has 1 aromatic rings. The molecule has 0 aliphatic carbocycles. The van der Waals surface area contributed by atoms with Crippen molar-refractivity contribution in [2.75, 3.05) is 13.2 Å². The third-order valence-electron chi connectivity index (χ3n) is 1.82. The summed E-state index contributed by atoms with van der Waals surface area (Å²) in [5.74, 6) is 0.944. The van der Waals surface area contributed by atoms with Crippen molar-refractivity contribution in [3.05, 3.63) is 30.3 Å². The van der Waals surface area contributed by atoms with Crippen LogP contribution in [0.25, 0.3) is 0 Å². The number of hydrogen-bond acceptors (Lipinski definition) is 2. The second kappa shape index (κ2) is 11.1. The topological polar surface area (TPSA) is 29.5 Å². The number of ether oxygens (including phenoxy) is 1. The van der Waals surface area contributed by atoms with Gasteiger partial charge in [-0.3, -0.25) is 0 Å². The summed E-state index contributed by atoms with van der Waals surface area (Å²) >= 11 is 0. The molecule has 0 atom stereocenters. The smallest absolute Gasteiger partial charge is 0.119 e. The maximum atomic E-state index is 8.20. The molecule has 0 fully saturated rings. The summed E-state index contributed by atoms with van der Waals surface area (Å²) in [6.07, 6.45) is 3.33. The third kappa shape index (κ3) is 9.29. The predicted molar refractivity (Wildman–Crippen MR) is 64.2 cm³/mol. The van der Waals surface area contributed by atoms with Gasteiger partial charge in [-0.2, -0.15) is 0 Å². The van der Waals surface area contributed by atoms with Crippen LogP contribution in [0.15, 0.2) is 30.3 Å². The Morgan fingerprint density at radius 2 is 1.73 bits per heavy atom. The van der Waals surface area contributed by atoms with E-state index in [-0.39, 0.29) is 0 Å². The molecule has 0 bridgehead atoms. The highest BCUT2D eigenvalue weighted by Crippen LogP contribution is 2.06. The van der Waals surface area contributed by atoms with Crippen LogP contribution in [0, 0.1) is 0 Å². The van der Waals surface area contributed by atoms with Crippen molar-refractivity contribution < 1.29 is 9.84 Å². The molecule has 1 rings (SSSR count). The highest BCUT2D eigenvalue weighted by Gasteiger charge is 1.83. The molecule has 86 valence electrons. The molecular weight excluding hydrogens is 188 g/mol. The lowest BCUT2D eigenvalue weighted by Crippen LogP contribution is -1.89. The first-order valence-corrected chi connectivity index (χ1v) is 5.63. The van der Waals surface area contributed by atoms with Crippen molar-refractivity contribution in [2.24, 2.45) is 0 Å². The zero-order chi connectivity index (χ0) is 11.4. The van der Waals surface area contributed by atoms with Gasteiger partial charge in [-0.1, -0.05) is 38.0 Å². The Labute approximate surface area is 92.9 Å². The zero-order valence-electron chi connectivity index (χ0n) is 9.78. The molecule has 2 heteroatoms. The van der Waals surface area contributed by atoms with Gasteiger partial charge in [0.25, 0.3) is 0 Å². The average molecular weight is 210 g/mol. The van der Waals surface area contributed by atoms with Gasteiger partial charge in [-0.15, -0.1) is 0 Å². The minimum Gasteiger partial charge on any atom is -0.494 e. The second-order valence-corrected chi connectivity index (χ2v) is 3.18. The minimum atomic E-state index is 0.355. The molecule has 0 saturated carbocycles. The lowest BCUT2D eigenvalue weighted by Gasteiger charge is -1.99. The van der Waals surface area contributed by atoms with Crippen LogP contribution in [0.3, 0.4) is 0 Å². The molecule has 0 unspecified atom stereocenters. The molecule has 0 amide bonds. The lowest BCUT2D eigenvalue weighted by molar-refractivity contribution is 0.284. The fourth-order valence-electron chi connectivity index (χ4n) is 1.05. The number of para-hydroxylation sites is 1. The predicted octanol–water partition coefficient (Wildman–Crippen LogP) is 3.25. The summed E-state index contributed by atoms with van der Waals surface area (Å²) < 4.78 is 5.21. The van der Waals surface area contributed by atoms with Crippen molar-refractivity contribution in [3.8, 4) is 5.75 Å². The van der Waals surface area contributed by atoms with Crippen LogP contribution in [-0.2, 0) is 0 Å². The molecule has 2 nitrogen and oxygen atoms in total. The molecular formula is C13H22O2. The number of hydrogen-bond donors (Lipinski definition) is 1. The van der Waals surface area contributed by atoms with E-state index in [2.05, 4.69) is 6.92 Å². The van der Waals surface area contributed by atoms with Gasteiger partial charge in [-0.05, 0) is 25.5 Å². The van der Waals surface area contributed by atoms with Gasteiger partial charge >= 0.3 is 0 Å². The van der Waals surface area contributed by atoms with Crippen LogP contribution in [0.2, 0.25) is 0 Å². The van der Waals surface area contributed by atoms with Crippen LogP contribution in [0.5, 0.6) is 5.75 Å². The molecule has 1 aromatic carbocycles. The Bertz CT molecular complexity index is 205. The number of aliphatic hydroxyl groups excluding tert-OH is 1. The normalized spacial score (nSPS) is 9.00. The first-order valence-electron chi connectivity index (χ1n) is 5.63. The maximum absolute atomic E-state index is 8.20. The number of benzene rings is 1. The highest BCUT2D eigenvalue weighted by atomic mass is 16.5. The second-order valence-electron chi connectivity index (χ2n) is 3.18. The lowest BCUT2D eigenvalue weighted by atomic mass is 10.3. The number of rotatable bonds is 5. The summed E-state index contributed by atoms with van der Waals surface area (Å²) in [5.41, 5.74) is 0. The van der Waals surface area contributed by atoms with Crippen molar-refractivity contribution in [1.82, 2.24) is 0 Å². The molecule has 15 heavy (non-hydrogen) atoms. The van der Waals surface area contributed by atoms with Gasteiger partial charge in [0.15, 0.2) is 0 Å². The molecule has 0 heterocycles. The number of aliphatic hydroxyl groups is 1. The minimum absolute atomic E-state index is 0.355. The van der Waals surface area contributed by atoms with E-state index in [9.17, 15) is 0 Å². The van der Waals surface area contributed by atoms with Crippen molar-refractivity contribution in [2.45, 2.75) is 33.1 Å². The van der Waals surface area contributed by atoms with Crippen LogP contribution in [0.4, 0.5) is 0 Å². The van der Waals surface area contributed by atoms with Gasteiger partial charge in [0.1, 0.15) is 5.75 Å². The van der Waals surface area contributed by atoms with Gasteiger partial charge < -0.3 is 9.84 Å². The fourth-order valence-corrected chi connectivity index (χ4v) is 1.05. The Balaban J connectivity index is 0.000000288. The van der Waals surface area contributed by atoms with Crippen LogP contribution in [-0.4, -0.2) is 18.3 Å². The first-order chi connectivity index (χ1) is 7.35. The van der Waals surface area contributed by atoms with E-state index in [1.165, 1.54) is 6.42 Å². The molecule has 0 aliphatic rings. The van der Waals surface area contributed by atoms with Gasteiger partial charge in [0.05, 0.1) is 6.61 Å². The van der Waals surface area contributed by atoms with Crippen LogP contribution < -0.4 is 4.74 Å². The van der Waals surface area contributed by atoms with Gasteiger partial charge in [0, 0.05) is 6.61 Å². The van der Waals surface area contributed by atoms with Crippen LogP contribution >= 0.6 is 0 Å². The Kier molecular flexibility index (Phi) is 10.3. The van der Waals surface area contributed by atoms with E-state index in [0.717, 1.165) is 25.2 Å². The summed E-state index contributed by atoms with van der Waals surface area (Å²) in [5, 5.41) is 8.20. The van der Waals surface area contributed by atoms with E-state index < -0.39 is 0 Å². The molecule has 1 N–H and O–H groups in total. The average Bonchev–Trinajstić information content (AvgIpc) is 2.29. The standard InChI is InChI=1S/C8H10O.C5H12O/c1-2-9-8-6-4-3-5-7-8;1-2-3-4-5-6/h3-7H,2H2,1H3;6H,2-5H2,1H3. The summed E-state index contributed by atoms with van der Waals surface area (Å²) in [7, 11) is 0. The van der Waals surface area contributed by atoms with E-state index >= 15 is 0 Å². The highest BCUT2D eigenvalue weighted by molar-refractivity contribution is 5.20. The maximum Gasteiger partial charge on any atom is 0.119 e. The largest absolute Gasteiger partial charge is 0.494 e. The monoisotopic (exact) mass is 210 g/mol. The Morgan fingerprint density at radius 3 is 2.13 bits per heavy atom. The van der Waals surface area contributed by atoms with E-state index in [1.807, 2.05) is 37.3 Å². The molecule has 0 saturated heterocycles. The summed E-state index contributed by atoms with van der Waals surface area (Å²) in [6, 6.07) is 9.80. The van der Waals surface area contributed by atoms with Crippen LogP contribution in [0.1, 0.15) is 33.1 Å². The molecule has 0 aromatic heterocycles. The SMILES string of the molecule is CCCCCO.CCOc1ccccc1. The Morgan fingerprint density at radius 1 is 1.07 bits per heavy atom. The molecule has 0 spiro atoms. The van der Waals surface area contributed by atoms with E-state index in [4.69, 9.17) is 9.84 Å². The van der Waals surface area contributed by atoms with Gasteiger partial charge in [-0.25, -0.2) is 0 Å². The molecule has 0 aliphatic heterocycles. The summed E-state index contributed by atoms with van der Waals surface area (Å²) in [4.78, 5) is 0. The molecule has 0 radical (unpaired) electrons. The van der Waals surface area contributed by atoms with Crippen molar-refractivity contribution >= 4 is 0 Å². The quantitative estimate of drug-likeness (QED) is 0.756. The van der Waals surface area contributed by atoms with E-state index in [1.54, 1.807) is 0 Å². The fraction of sp³-hybridized carbons (Fsp3) is 0.538. The number of unbranched alkanes of at least 4 members (excludes halogenated alkanes) is 2. The first kappa shape index (κ1) is 14.0. The zero-order valence-corrected chi connectivity index (χ0v) is 9.78. The summed E-state index contributed by atoms with van der Waals surface area (Å²) in [6.45, 7) is 5.19.